The van der Waals surface area contributed by atoms with Crippen molar-refractivity contribution in [1.82, 2.24) is 15.1 Å². The van der Waals surface area contributed by atoms with E-state index in [1.807, 2.05) is 48.9 Å². The first kappa shape index (κ1) is 19.0. The average Bonchev–Trinajstić information content (AvgIpc) is 2.93. The van der Waals surface area contributed by atoms with Gasteiger partial charge < -0.3 is 10.1 Å². The standard InChI is InChI=1S/C21H22ClN3O2/c1-15-18(16(2)25(24-15)13-17-8-4-3-5-9-17)12-23-21(26)14-27-20-11-7-6-10-19(20)22/h3-11H,12-14H2,1-2H3,(H,23,26). The lowest BCUT2D eigenvalue weighted by Crippen LogP contribution is -2.28. The number of aromatic nitrogens is 2. The molecule has 0 unspecified atom stereocenters. The summed E-state index contributed by atoms with van der Waals surface area (Å²) in [5, 5.41) is 7.98. The number of rotatable bonds is 7. The topological polar surface area (TPSA) is 56.2 Å². The number of ether oxygens (including phenoxy) is 1. The second-order valence-electron chi connectivity index (χ2n) is 6.29. The molecule has 1 heterocycles. The van der Waals surface area contributed by atoms with E-state index in [1.165, 1.54) is 5.56 Å². The molecule has 0 spiro atoms. The van der Waals surface area contributed by atoms with Gasteiger partial charge in [-0.25, -0.2) is 0 Å². The molecule has 0 bridgehead atoms. The number of nitrogens with zero attached hydrogens (tertiary/aromatic N) is 2. The van der Waals surface area contributed by atoms with Crippen molar-refractivity contribution in [2.45, 2.75) is 26.9 Å². The first-order valence-corrected chi connectivity index (χ1v) is 9.13. The average molecular weight is 384 g/mol. The molecule has 0 saturated heterocycles. The van der Waals surface area contributed by atoms with Crippen molar-refractivity contribution in [3.8, 4) is 5.75 Å². The molecule has 0 aliphatic heterocycles. The number of carbonyl (C=O) groups excluding carboxylic acids is 1. The molecule has 3 aromatic rings. The molecule has 3 rings (SSSR count). The second kappa shape index (κ2) is 8.73. The summed E-state index contributed by atoms with van der Waals surface area (Å²) in [6, 6.07) is 17.3. The molecule has 0 aliphatic carbocycles. The van der Waals surface area contributed by atoms with Crippen LogP contribution in [0.2, 0.25) is 5.02 Å². The number of nitrogens with one attached hydrogen (secondary N) is 1. The number of amides is 1. The highest BCUT2D eigenvalue weighted by Crippen LogP contribution is 2.22. The van der Waals surface area contributed by atoms with Crippen LogP contribution < -0.4 is 10.1 Å². The van der Waals surface area contributed by atoms with Crippen LogP contribution in [0.4, 0.5) is 0 Å². The van der Waals surface area contributed by atoms with E-state index >= 15 is 0 Å². The smallest absolute Gasteiger partial charge is 0.258 e. The van der Waals surface area contributed by atoms with Gasteiger partial charge in [0, 0.05) is 17.8 Å². The quantitative estimate of drug-likeness (QED) is 0.673. The molecule has 1 N–H and O–H groups in total. The first-order chi connectivity index (χ1) is 13.0. The Balaban J connectivity index is 1.57. The van der Waals surface area contributed by atoms with Crippen molar-refractivity contribution in [2.75, 3.05) is 6.61 Å². The van der Waals surface area contributed by atoms with E-state index in [-0.39, 0.29) is 12.5 Å². The summed E-state index contributed by atoms with van der Waals surface area (Å²) >= 11 is 6.02. The van der Waals surface area contributed by atoms with E-state index in [0.29, 0.717) is 23.9 Å². The van der Waals surface area contributed by atoms with Gasteiger partial charge >= 0.3 is 0 Å². The fraction of sp³-hybridized carbons (Fsp3) is 0.238. The van der Waals surface area contributed by atoms with Crippen LogP contribution in [0.15, 0.2) is 54.6 Å². The van der Waals surface area contributed by atoms with Crippen LogP contribution in [0, 0.1) is 13.8 Å². The van der Waals surface area contributed by atoms with Gasteiger partial charge in [-0.2, -0.15) is 5.10 Å². The van der Waals surface area contributed by atoms with Crippen LogP contribution in [0.1, 0.15) is 22.5 Å². The summed E-state index contributed by atoms with van der Waals surface area (Å²) in [4.78, 5) is 12.1. The van der Waals surface area contributed by atoms with Gasteiger partial charge in [-0.1, -0.05) is 54.1 Å². The molecule has 0 aliphatic rings. The minimum atomic E-state index is -0.204. The maximum absolute atomic E-state index is 12.1. The van der Waals surface area contributed by atoms with Crippen LogP contribution in [0.25, 0.3) is 0 Å². The fourth-order valence-electron chi connectivity index (χ4n) is 2.84. The van der Waals surface area contributed by atoms with E-state index in [0.717, 1.165) is 17.0 Å². The number of carbonyl (C=O) groups is 1. The lowest BCUT2D eigenvalue weighted by Gasteiger charge is -2.09. The molecule has 1 aromatic heterocycles. The maximum atomic E-state index is 12.1. The van der Waals surface area contributed by atoms with E-state index in [4.69, 9.17) is 16.3 Å². The van der Waals surface area contributed by atoms with Gasteiger partial charge in [0.25, 0.3) is 5.91 Å². The highest BCUT2D eigenvalue weighted by Gasteiger charge is 2.13. The van der Waals surface area contributed by atoms with E-state index in [2.05, 4.69) is 22.5 Å². The Labute approximate surface area is 163 Å². The largest absolute Gasteiger partial charge is 0.482 e. The lowest BCUT2D eigenvalue weighted by molar-refractivity contribution is -0.123. The molecule has 0 fully saturated rings. The van der Waals surface area contributed by atoms with E-state index in [9.17, 15) is 4.79 Å². The van der Waals surface area contributed by atoms with Crippen molar-refractivity contribution in [1.29, 1.82) is 0 Å². The molecule has 1 amide bonds. The monoisotopic (exact) mass is 383 g/mol. The highest BCUT2D eigenvalue weighted by molar-refractivity contribution is 6.32. The minimum absolute atomic E-state index is 0.0834. The van der Waals surface area contributed by atoms with E-state index in [1.54, 1.807) is 12.1 Å². The number of aryl methyl sites for hydroxylation is 1. The molecule has 27 heavy (non-hydrogen) atoms. The third-order valence-electron chi connectivity index (χ3n) is 4.36. The molecule has 6 heteroatoms. The zero-order chi connectivity index (χ0) is 19.2. The summed E-state index contributed by atoms with van der Waals surface area (Å²) in [7, 11) is 0. The van der Waals surface area contributed by atoms with Gasteiger partial charge in [0.05, 0.1) is 17.3 Å². The summed E-state index contributed by atoms with van der Waals surface area (Å²) in [5.74, 6) is 0.293. The summed E-state index contributed by atoms with van der Waals surface area (Å²) < 4.78 is 7.43. The molecule has 140 valence electrons. The van der Waals surface area contributed by atoms with Gasteiger partial charge in [-0.05, 0) is 31.5 Å². The van der Waals surface area contributed by atoms with Crippen molar-refractivity contribution in [2.24, 2.45) is 0 Å². The predicted molar refractivity (Wildman–Crippen MR) is 106 cm³/mol. The number of hydrogen-bond donors (Lipinski definition) is 1. The van der Waals surface area contributed by atoms with E-state index < -0.39 is 0 Å². The van der Waals surface area contributed by atoms with Gasteiger partial charge in [0.15, 0.2) is 6.61 Å². The fourth-order valence-corrected chi connectivity index (χ4v) is 3.03. The Morgan fingerprint density at radius 3 is 2.56 bits per heavy atom. The predicted octanol–water partition coefficient (Wildman–Crippen LogP) is 3.90. The Hall–Kier alpha value is -2.79. The Morgan fingerprint density at radius 1 is 1.11 bits per heavy atom. The molecular formula is C21H22ClN3O2. The molecule has 0 atom stereocenters. The van der Waals surface area contributed by atoms with Crippen LogP contribution >= 0.6 is 11.6 Å². The third kappa shape index (κ3) is 4.89. The molecule has 5 nitrogen and oxygen atoms in total. The second-order valence-corrected chi connectivity index (χ2v) is 6.70. The van der Waals surface area contributed by atoms with Gasteiger partial charge in [0.1, 0.15) is 5.75 Å². The number of hydrogen-bond acceptors (Lipinski definition) is 3. The summed E-state index contributed by atoms with van der Waals surface area (Å²) in [5.41, 5.74) is 4.17. The van der Waals surface area contributed by atoms with Gasteiger partial charge in [0.2, 0.25) is 0 Å². The highest BCUT2D eigenvalue weighted by atomic mass is 35.5. The lowest BCUT2D eigenvalue weighted by atomic mass is 10.2. The third-order valence-corrected chi connectivity index (χ3v) is 4.68. The normalized spacial score (nSPS) is 10.6. The van der Waals surface area contributed by atoms with Crippen molar-refractivity contribution in [3.05, 3.63) is 82.1 Å². The minimum Gasteiger partial charge on any atom is -0.482 e. The SMILES string of the molecule is Cc1nn(Cc2ccccc2)c(C)c1CNC(=O)COc1ccccc1Cl. The Kier molecular flexibility index (Phi) is 6.14. The zero-order valence-electron chi connectivity index (χ0n) is 15.4. The van der Waals surface area contributed by atoms with Crippen LogP contribution in [-0.4, -0.2) is 22.3 Å². The first-order valence-electron chi connectivity index (χ1n) is 8.75. The van der Waals surface area contributed by atoms with Crippen molar-refractivity contribution < 1.29 is 9.53 Å². The van der Waals surface area contributed by atoms with Crippen molar-refractivity contribution in [3.63, 3.8) is 0 Å². The number of halogens is 1. The van der Waals surface area contributed by atoms with Gasteiger partial charge in [-0.3, -0.25) is 9.48 Å². The van der Waals surface area contributed by atoms with Gasteiger partial charge in [-0.15, -0.1) is 0 Å². The van der Waals surface area contributed by atoms with Crippen LogP contribution in [0.3, 0.4) is 0 Å². The molecule has 2 aromatic carbocycles. The Morgan fingerprint density at radius 2 is 1.81 bits per heavy atom. The molecule has 0 saturated carbocycles. The zero-order valence-corrected chi connectivity index (χ0v) is 16.2. The van der Waals surface area contributed by atoms with Crippen LogP contribution in [0.5, 0.6) is 5.75 Å². The molecular weight excluding hydrogens is 362 g/mol. The number of benzene rings is 2. The van der Waals surface area contributed by atoms with Crippen LogP contribution in [-0.2, 0) is 17.9 Å². The summed E-state index contributed by atoms with van der Waals surface area (Å²) in [6.07, 6.45) is 0. The molecule has 0 radical (unpaired) electrons. The van der Waals surface area contributed by atoms with Crippen molar-refractivity contribution >= 4 is 17.5 Å². The maximum Gasteiger partial charge on any atom is 0.258 e. The number of para-hydroxylation sites is 1. The Bertz CT molecular complexity index is 922. The summed E-state index contributed by atoms with van der Waals surface area (Å²) in [6.45, 7) is 5.01.